The van der Waals surface area contributed by atoms with Crippen LogP contribution in [0.15, 0.2) is 23.1 Å². The lowest BCUT2D eigenvalue weighted by Gasteiger charge is -2.15. The van der Waals surface area contributed by atoms with E-state index in [0.717, 1.165) is 11.5 Å². The van der Waals surface area contributed by atoms with Gasteiger partial charge >= 0.3 is 6.18 Å². The third-order valence-corrected chi connectivity index (χ3v) is 3.10. The SMILES string of the molecule is C#CCn1c(-c2ccnc(Cl)c2)nc(C(F)(F)F)c(C)c1=O. The predicted molar refractivity (Wildman–Crippen MR) is 75.3 cm³/mol. The van der Waals surface area contributed by atoms with E-state index in [1.54, 1.807) is 0 Å². The van der Waals surface area contributed by atoms with Crippen LogP contribution in [0.1, 0.15) is 11.3 Å². The van der Waals surface area contributed by atoms with E-state index in [0.29, 0.717) is 0 Å². The van der Waals surface area contributed by atoms with E-state index < -0.39 is 23.0 Å². The zero-order valence-corrected chi connectivity index (χ0v) is 12.0. The first-order valence-corrected chi connectivity index (χ1v) is 6.37. The van der Waals surface area contributed by atoms with Gasteiger partial charge in [-0.3, -0.25) is 9.36 Å². The van der Waals surface area contributed by atoms with E-state index in [-0.39, 0.29) is 23.1 Å². The molecule has 0 amide bonds. The van der Waals surface area contributed by atoms with Crippen molar-refractivity contribution in [3.8, 4) is 23.7 Å². The van der Waals surface area contributed by atoms with E-state index in [9.17, 15) is 18.0 Å². The quantitative estimate of drug-likeness (QED) is 0.629. The second-order valence-corrected chi connectivity index (χ2v) is 4.76. The molecule has 0 aromatic carbocycles. The standard InChI is InChI=1S/C14H9ClF3N3O/c1-3-6-21-12(9-4-5-19-10(15)7-9)20-11(14(16,17)18)8(2)13(21)22/h1,4-5,7H,6H2,2H3. The van der Waals surface area contributed by atoms with Crippen molar-refractivity contribution in [3.05, 3.63) is 45.1 Å². The summed E-state index contributed by atoms with van der Waals surface area (Å²) in [7, 11) is 0. The van der Waals surface area contributed by atoms with Crippen molar-refractivity contribution in [1.29, 1.82) is 0 Å². The molecule has 2 heterocycles. The maximum atomic E-state index is 13.0. The number of pyridine rings is 1. The summed E-state index contributed by atoms with van der Waals surface area (Å²) >= 11 is 5.74. The normalized spacial score (nSPS) is 11.3. The van der Waals surface area contributed by atoms with Crippen LogP contribution in [-0.2, 0) is 12.7 Å². The Kier molecular flexibility index (Phi) is 4.24. The number of rotatable bonds is 2. The van der Waals surface area contributed by atoms with Gasteiger partial charge < -0.3 is 0 Å². The average molecular weight is 328 g/mol. The fraction of sp³-hybridized carbons (Fsp3) is 0.214. The van der Waals surface area contributed by atoms with Crippen LogP contribution in [0.4, 0.5) is 13.2 Å². The predicted octanol–water partition coefficient (Wildman–Crippen LogP) is 2.92. The number of alkyl halides is 3. The topological polar surface area (TPSA) is 47.8 Å². The van der Waals surface area contributed by atoms with Gasteiger partial charge in [0.25, 0.3) is 5.56 Å². The first kappa shape index (κ1) is 16.0. The minimum Gasteiger partial charge on any atom is -0.281 e. The Bertz CT molecular complexity index is 822. The summed E-state index contributed by atoms with van der Waals surface area (Å²) in [6, 6.07) is 2.71. The van der Waals surface area contributed by atoms with Crippen LogP contribution in [0.5, 0.6) is 0 Å². The zero-order chi connectivity index (χ0) is 16.5. The Morgan fingerprint density at radius 2 is 2.14 bits per heavy atom. The van der Waals surface area contributed by atoms with Gasteiger partial charge in [-0.1, -0.05) is 17.5 Å². The highest BCUT2D eigenvalue weighted by atomic mass is 35.5. The Morgan fingerprint density at radius 3 is 2.68 bits per heavy atom. The second kappa shape index (κ2) is 5.81. The van der Waals surface area contributed by atoms with Gasteiger partial charge in [-0.15, -0.1) is 6.42 Å². The number of aromatic nitrogens is 3. The molecule has 0 aliphatic heterocycles. The Balaban J connectivity index is 2.84. The first-order chi connectivity index (χ1) is 10.3. The van der Waals surface area contributed by atoms with Crippen LogP contribution in [-0.4, -0.2) is 14.5 Å². The van der Waals surface area contributed by atoms with Crippen LogP contribution in [0, 0.1) is 19.3 Å². The molecule has 0 saturated carbocycles. The summed E-state index contributed by atoms with van der Waals surface area (Å²) < 4.78 is 40.1. The highest BCUT2D eigenvalue weighted by Gasteiger charge is 2.36. The molecular weight excluding hydrogens is 319 g/mol. The Labute approximate surface area is 128 Å². The fourth-order valence-corrected chi connectivity index (χ4v) is 2.10. The molecule has 0 aliphatic rings. The van der Waals surface area contributed by atoms with E-state index in [2.05, 4.69) is 15.9 Å². The summed E-state index contributed by atoms with van der Waals surface area (Å²) in [5.41, 5.74) is -2.37. The van der Waals surface area contributed by atoms with Crippen molar-refractivity contribution >= 4 is 11.6 Å². The minimum atomic E-state index is -4.75. The molecule has 0 fully saturated rings. The van der Waals surface area contributed by atoms with Gasteiger partial charge in [0.15, 0.2) is 5.69 Å². The lowest BCUT2D eigenvalue weighted by molar-refractivity contribution is -0.141. The monoisotopic (exact) mass is 327 g/mol. The molecule has 0 unspecified atom stereocenters. The van der Waals surface area contributed by atoms with Crippen LogP contribution in [0.25, 0.3) is 11.4 Å². The Morgan fingerprint density at radius 1 is 1.45 bits per heavy atom. The molecule has 2 aromatic heterocycles. The van der Waals surface area contributed by atoms with Crippen molar-refractivity contribution in [2.75, 3.05) is 0 Å². The molecule has 2 aromatic rings. The first-order valence-electron chi connectivity index (χ1n) is 5.99. The molecule has 0 spiro atoms. The molecule has 22 heavy (non-hydrogen) atoms. The van der Waals surface area contributed by atoms with E-state index in [4.69, 9.17) is 18.0 Å². The molecule has 0 radical (unpaired) electrons. The van der Waals surface area contributed by atoms with Crippen LogP contribution < -0.4 is 5.56 Å². The number of halogens is 4. The third kappa shape index (κ3) is 2.97. The summed E-state index contributed by atoms with van der Waals surface area (Å²) in [6.45, 7) is 0.856. The highest BCUT2D eigenvalue weighted by Crippen LogP contribution is 2.30. The third-order valence-electron chi connectivity index (χ3n) is 2.90. The molecule has 114 valence electrons. The van der Waals surface area contributed by atoms with Gasteiger partial charge in [0.2, 0.25) is 0 Å². The minimum absolute atomic E-state index is 0.0631. The van der Waals surface area contributed by atoms with E-state index in [1.807, 2.05) is 0 Å². The van der Waals surface area contributed by atoms with Gasteiger partial charge in [0, 0.05) is 17.3 Å². The van der Waals surface area contributed by atoms with Crippen LogP contribution >= 0.6 is 11.6 Å². The molecule has 4 nitrogen and oxygen atoms in total. The fourth-order valence-electron chi connectivity index (χ4n) is 1.93. The molecule has 2 rings (SSSR count). The summed E-state index contributed by atoms with van der Waals surface area (Å²) in [5, 5.41) is 0.0631. The van der Waals surface area contributed by atoms with Crippen LogP contribution in [0.3, 0.4) is 0 Å². The highest BCUT2D eigenvalue weighted by molar-refractivity contribution is 6.29. The molecule has 0 saturated heterocycles. The summed E-state index contributed by atoms with van der Waals surface area (Å²) in [6.07, 6.45) is 1.74. The molecular formula is C14H9ClF3N3O. The van der Waals surface area contributed by atoms with Crippen molar-refractivity contribution < 1.29 is 13.2 Å². The molecule has 8 heteroatoms. The number of hydrogen-bond acceptors (Lipinski definition) is 3. The van der Waals surface area contributed by atoms with Gasteiger partial charge in [0.1, 0.15) is 11.0 Å². The van der Waals surface area contributed by atoms with Crippen molar-refractivity contribution in [3.63, 3.8) is 0 Å². The smallest absolute Gasteiger partial charge is 0.281 e. The number of terminal acetylenes is 1. The van der Waals surface area contributed by atoms with E-state index in [1.165, 1.54) is 18.3 Å². The molecule has 0 N–H and O–H groups in total. The second-order valence-electron chi connectivity index (χ2n) is 4.37. The summed E-state index contributed by atoms with van der Waals surface area (Å²) in [4.78, 5) is 19.5. The number of hydrogen-bond donors (Lipinski definition) is 0. The Hall–Kier alpha value is -2.33. The van der Waals surface area contributed by atoms with Crippen molar-refractivity contribution in [1.82, 2.24) is 14.5 Å². The largest absolute Gasteiger partial charge is 0.433 e. The zero-order valence-electron chi connectivity index (χ0n) is 11.3. The van der Waals surface area contributed by atoms with E-state index >= 15 is 0 Å². The van der Waals surface area contributed by atoms with Gasteiger partial charge in [0.05, 0.1) is 6.54 Å². The maximum absolute atomic E-state index is 13.0. The molecule has 0 aliphatic carbocycles. The van der Waals surface area contributed by atoms with Crippen LogP contribution in [0.2, 0.25) is 5.15 Å². The number of nitrogens with zero attached hydrogens (tertiary/aromatic N) is 3. The molecule has 0 atom stereocenters. The average Bonchev–Trinajstić information content (AvgIpc) is 2.43. The van der Waals surface area contributed by atoms with Gasteiger partial charge in [-0.25, -0.2) is 9.97 Å². The van der Waals surface area contributed by atoms with Crippen molar-refractivity contribution in [2.24, 2.45) is 0 Å². The summed E-state index contributed by atoms with van der Waals surface area (Å²) in [5.74, 6) is 2.02. The van der Waals surface area contributed by atoms with Gasteiger partial charge in [-0.05, 0) is 19.1 Å². The lowest BCUT2D eigenvalue weighted by atomic mass is 10.2. The van der Waals surface area contributed by atoms with Gasteiger partial charge in [-0.2, -0.15) is 13.2 Å². The van der Waals surface area contributed by atoms with Crippen molar-refractivity contribution in [2.45, 2.75) is 19.6 Å². The molecule has 0 bridgehead atoms. The maximum Gasteiger partial charge on any atom is 0.433 e. The lowest BCUT2D eigenvalue weighted by Crippen LogP contribution is -2.29.